The van der Waals surface area contributed by atoms with Crippen LogP contribution in [0, 0.1) is 10.1 Å². The van der Waals surface area contributed by atoms with E-state index in [0.29, 0.717) is 21.0 Å². The van der Waals surface area contributed by atoms with Gasteiger partial charge in [0, 0.05) is 30.1 Å². The normalized spacial score (nSPS) is 17.6. The van der Waals surface area contributed by atoms with Crippen molar-refractivity contribution in [2.45, 2.75) is 25.9 Å². The van der Waals surface area contributed by atoms with Gasteiger partial charge in [-0.15, -0.1) is 12.4 Å². The molecule has 0 amide bonds. The van der Waals surface area contributed by atoms with Crippen LogP contribution in [-0.4, -0.2) is 33.6 Å². The van der Waals surface area contributed by atoms with Gasteiger partial charge in [-0.25, -0.2) is 4.98 Å². The fourth-order valence-electron chi connectivity index (χ4n) is 2.86. The van der Waals surface area contributed by atoms with E-state index in [1.165, 1.54) is 0 Å². The molecule has 2 aromatic rings. The van der Waals surface area contributed by atoms with Crippen molar-refractivity contribution >= 4 is 66.9 Å². The number of benzene rings is 1. The Morgan fingerprint density at radius 2 is 2.22 bits per heavy atom. The minimum absolute atomic E-state index is 0. The fourth-order valence-corrected chi connectivity index (χ4v) is 3.71. The zero-order valence-electron chi connectivity index (χ0n) is 12.3. The topological polar surface area (TPSA) is 90.2 Å². The number of fused-ring (bicyclic) bond motifs is 1. The van der Waals surface area contributed by atoms with Crippen LogP contribution in [0.25, 0.3) is 11.0 Å². The first-order chi connectivity index (χ1) is 10.4. The number of nitro groups is 1. The molecule has 2 N–H and O–H groups in total. The van der Waals surface area contributed by atoms with Crippen LogP contribution < -0.4 is 10.6 Å². The van der Waals surface area contributed by atoms with E-state index in [2.05, 4.69) is 41.7 Å². The lowest BCUT2D eigenvalue weighted by Gasteiger charge is -2.18. The molecule has 1 fully saturated rings. The van der Waals surface area contributed by atoms with Crippen molar-refractivity contribution in [3.63, 3.8) is 0 Å². The number of imidazole rings is 1. The van der Waals surface area contributed by atoms with Gasteiger partial charge in [0.25, 0.3) is 0 Å². The molecule has 2 heterocycles. The predicted octanol–water partition coefficient (Wildman–Crippen LogP) is 3.45. The first-order valence-electron chi connectivity index (χ1n) is 6.97. The highest BCUT2D eigenvalue weighted by Gasteiger charge is 2.29. The van der Waals surface area contributed by atoms with Gasteiger partial charge >= 0.3 is 5.69 Å². The van der Waals surface area contributed by atoms with E-state index in [0.717, 1.165) is 31.0 Å². The molecule has 1 aliphatic rings. The molecule has 0 spiro atoms. The lowest BCUT2D eigenvalue weighted by Crippen LogP contribution is -2.28. The molecular weight excluding hydrogens is 453 g/mol. The molecule has 1 aromatic heterocycles. The average Bonchev–Trinajstić information content (AvgIpc) is 3.02. The molecule has 1 saturated heterocycles. The molecule has 10 heteroatoms. The lowest BCUT2D eigenvalue weighted by molar-refractivity contribution is -0.384. The number of hydrogen-bond donors (Lipinski definition) is 1. The molecule has 3 rings (SSSR count). The molecule has 23 heavy (non-hydrogen) atoms. The molecule has 1 aromatic carbocycles. The summed E-state index contributed by atoms with van der Waals surface area (Å²) in [4.78, 5) is 17.7. The maximum Gasteiger partial charge on any atom is 0.312 e. The molecule has 0 saturated carbocycles. The Kier molecular flexibility index (Phi) is 5.55. The third kappa shape index (κ3) is 3.07. The van der Waals surface area contributed by atoms with Crippen LogP contribution in [-0.2, 0) is 6.54 Å². The maximum absolute atomic E-state index is 11.4. The number of rotatable bonds is 3. The standard InChI is InChI=1S/C13H15Br2N5O2.ClH/c1-2-19-9-5-8(14)10(15)12(20(21)22)11(9)17-13(19)18-4-3-7(16)6-18;/h5,7H,2-4,6,16H2,1H3;1H/t7-;/m0./s1. The summed E-state index contributed by atoms with van der Waals surface area (Å²) in [6, 6.07) is 1.99. The Bertz CT molecular complexity index is 767. The summed E-state index contributed by atoms with van der Waals surface area (Å²) in [5.41, 5.74) is 7.11. The average molecular weight is 470 g/mol. The van der Waals surface area contributed by atoms with Crippen LogP contribution in [0.1, 0.15) is 13.3 Å². The van der Waals surface area contributed by atoms with Crippen molar-refractivity contribution in [1.82, 2.24) is 9.55 Å². The molecular formula is C13H16Br2ClN5O2. The van der Waals surface area contributed by atoms with Gasteiger partial charge in [0.15, 0.2) is 5.52 Å². The van der Waals surface area contributed by atoms with Crippen molar-refractivity contribution in [3.05, 3.63) is 25.1 Å². The van der Waals surface area contributed by atoms with Gasteiger partial charge in [-0.2, -0.15) is 0 Å². The van der Waals surface area contributed by atoms with Gasteiger partial charge < -0.3 is 15.2 Å². The second-order valence-corrected chi connectivity index (χ2v) is 6.94. The number of aryl methyl sites for hydroxylation is 1. The summed E-state index contributed by atoms with van der Waals surface area (Å²) >= 11 is 6.65. The highest BCUT2D eigenvalue weighted by atomic mass is 79.9. The molecule has 0 unspecified atom stereocenters. The zero-order chi connectivity index (χ0) is 16.0. The van der Waals surface area contributed by atoms with Crippen molar-refractivity contribution in [2.75, 3.05) is 18.0 Å². The van der Waals surface area contributed by atoms with Crippen molar-refractivity contribution in [3.8, 4) is 0 Å². The lowest BCUT2D eigenvalue weighted by atomic mass is 10.2. The Balaban J connectivity index is 0.00000192. The Hall–Kier alpha value is -0.900. The highest BCUT2D eigenvalue weighted by molar-refractivity contribution is 9.13. The van der Waals surface area contributed by atoms with Crippen LogP contribution >= 0.6 is 44.3 Å². The van der Waals surface area contributed by atoms with E-state index in [9.17, 15) is 10.1 Å². The second-order valence-electron chi connectivity index (χ2n) is 5.30. The number of anilines is 1. The minimum atomic E-state index is -0.399. The van der Waals surface area contributed by atoms with Crippen LogP contribution in [0.4, 0.5) is 11.6 Å². The Morgan fingerprint density at radius 1 is 1.52 bits per heavy atom. The van der Waals surface area contributed by atoms with Gasteiger partial charge in [-0.3, -0.25) is 10.1 Å². The molecule has 7 nitrogen and oxygen atoms in total. The van der Waals surface area contributed by atoms with Gasteiger partial charge in [-0.05, 0) is 51.3 Å². The van der Waals surface area contributed by atoms with Crippen molar-refractivity contribution < 1.29 is 4.92 Å². The number of nitro benzene ring substituents is 1. The van der Waals surface area contributed by atoms with E-state index in [1.54, 1.807) is 0 Å². The fraction of sp³-hybridized carbons (Fsp3) is 0.462. The predicted molar refractivity (Wildman–Crippen MR) is 99.5 cm³/mol. The summed E-state index contributed by atoms with van der Waals surface area (Å²) in [6.45, 7) is 4.23. The summed E-state index contributed by atoms with van der Waals surface area (Å²) in [7, 11) is 0. The van der Waals surface area contributed by atoms with Crippen molar-refractivity contribution in [1.29, 1.82) is 0 Å². The number of nitrogens with two attached hydrogens (primary N) is 1. The summed E-state index contributed by atoms with van der Waals surface area (Å²) in [6.07, 6.45) is 0.905. The number of nitrogens with zero attached hydrogens (tertiary/aromatic N) is 4. The van der Waals surface area contributed by atoms with Gasteiger partial charge in [0.1, 0.15) is 4.47 Å². The molecule has 0 radical (unpaired) electrons. The number of halogens is 3. The smallest absolute Gasteiger partial charge is 0.312 e. The van der Waals surface area contributed by atoms with Gasteiger partial charge in [0.05, 0.1) is 10.4 Å². The highest BCUT2D eigenvalue weighted by Crippen LogP contribution is 2.40. The zero-order valence-corrected chi connectivity index (χ0v) is 16.3. The Morgan fingerprint density at radius 3 is 2.74 bits per heavy atom. The van der Waals surface area contributed by atoms with Gasteiger partial charge in [0.2, 0.25) is 5.95 Å². The number of aromatic nitrogens is 2. The van der Waals surface area contributed by atoms with Crippen LogP contribution in [0.15, 0.2) is 15.0 Å². The second kappa shape index (κ2) is 6.92. The molecule has 0 bridgehead atoms. The molecule has 126 valence electrons. The van der Waals surface area contributed by atoms with Crippen molar-refractivity contribution in [2.24, 2.45) is 5.73 Å². The summed E-state index contributed by atoms with van der Waals surface area (Å²) < 4.78 is 3.05. The van der Waals surface area contributed by atoms with E-state index < -0.39 is 4.92 Å². The first-order valence-corrected chi connectivity index (χ1v) is 8.55. The van der Waals surface area contributed by atoms with E-state index >= 15 is 0 Å². The maximum atomic E-state index is 11.4. The summed E-state index contributed by atoms with van der Waals surface area (Å²) in [5, 5.41) is 11.4. The number of hydrogen-bond acceptors (Lipinski definition) is 5. The van der Waals surface area contributed by atoms with Crippen LogP contribution in [0.2, 0.25) is 0 Å². The Labute approximate surface area is 156 Å². The van der Waals surface area contributed by atoms with E-state index in [4.69, 9.17) is 5.73 Å². The quantitative estimate of drug-likeness (QED) is 0.549. The first kappa shape index (κ1) is 18.4. The van der Waals surface area contributed by atoms with E-state index in [-0.39, 0.29) is 24.1 Å². The molecule has 1 aliphatic heterocycles. The van der Waals surface area contributed by atoms with Crippen LogP contribution in [0.5, 0.6) is 0 Å². The monoisotopic (exact) mass is 467 g/mol. The largest absolute Gasteiger partial charge is 0.341 e. The van der Waals surface area contributed by atoms with Gasteiger partial charge in [-0.1, -0.05) is 0 Å². The minimum Gasteiger partial charge on any atom is -0.341 e. The third-order valence-electron chi connectivity index (χ3n) is 3.90. The third-order valence-corrected chi connectivity index (χ3v) is 5.86. The molecule has 0 aliphatic carbocycles. The summed E-state index contributed by atoms with van der Waals surface area (Å²) in [5.74, 6) is 0.749. The van der Waals surface area contributed by atoms with E-state index in [1.807, 2.05) is 17.6 Å². The molecule has 1 atom stereocenters. The van der Waals surface area contributed by atoms with Crippen LogP contribution in [0.3, 0.4) is 0 Å². The SMILES string of the molecule is CCn1c(N2CC[C@H](N)C2)nc2c([N+](=O)[O-])c(Br)c(Br)cc21.Cl.